The predicted molar refractivity (Wildman–Crippen MR) is 103 cm³/mol. The molecule has 2 aromatic heterocycles. The molecule has 0 spiro atoms. The third kappa shape index (κ3) is 5.21. The van der Waals surface area contributed by atoms with Gasteiger partial charge in [0.05, 0.1) is 4.88 Å². The maximum absolute atomic E-state index is 12.9. The number of carbonyl (C=O) groups excluding carboxylic acids is 2. The number of ether oxygens (including phenoxy) is 1. The number of nitrogens with one attached hydrogen (secondary N) is 1. The number of thiazole rings is 1. The number of thiophene rings is 1. The summed E-state index contributed by atoms with van der Waals surface area (Å²) < 4.78 is 18.1. The summed E-state index contributed by atoms with van der Waals surface area (Å²) in [5.41, 5.74) is 1.10. The Balaban J connectivity index is 1.47. The first kappa shape index (κ1) is 19.2. The normalized spacial score (nSPS) is 11.8. The molecule has 3 rings (SSSR count). The zero-order valence-electron chi connectivity index (χ0n) is 14.5. The van der Waals surface area contributed by atoms with Gasteiger partial charge >= 0.3 is 5.97 Å². The van der Waals surface area contributed by atoms with E-state index < -0.39 is 12.1 Å². The molecule has 0 saturated carbocycles. The molecule has 1 N–H and O–H groups in total. The highest BCUT2D eigenvalue weighted by atomic mass is 32.1. The van der Waals surface area contributed by atoms with Crippen LogP contribution >= 0.6 is 22.7 Å². The molecular weight excluding hydrogens is 387 g/mol. The fourth-order valence-corrected chi connectivity index (χ4v) is 3.88. The van der Waals surface area contributed by atoms with Crippen molar-refractivity contribution in [2.24, 2.45) is 0 Å². The zero-order valence-corrected chi connectivity index (χ0v) is 16.1. The van der Waals surface area contributed by atoms with E-state index in [1.807, 2.05) is 17.5 Å². The van der Waals surface area contributed by atoms with Gasteiger partial charge in [0.25, 0.3) is 5.91 Å². The summed E-state index contributed by atoms with van der Waals surface area (Å²) in [6.07, 6.45) is -0.374. The van der Waals surface area contributed by atoms with Gasteiger partial charge in [-0.1, -0.05) is 18.2 Å². The SMILES string of the molecule is C[C@H](OC(=O)c1csc(-c2cccs2)n1)C(=O)NCCc1ccc(F)cc1. The number of benzene rings is 1. The number of amides is 1. The van der Waals surface area contributed by atoms with Crippen LogP contribution in [0.5, 0.6) is 0 Å². The van der Waals surface area contributed by atoms with Crippen LogP contribution in [0.2, 0.25) is 0 Å². The largest absolute Gasteiger partial charge is 0.448 e. The van der Waals surface area contributed by atoms with Crippen molar-refractivity contribution < 1.29 is 18.7 Å². The molecular formula is C19H17FN2O3S2. The molecule has 0 bridgehead atoms. The smallest absolute Gasteiger partial charge is 0.358 e. The van der Waals surface area contributed by atoms with Crippen molar-refractivity contribution in [2.45, 2.75) is 19.4 Å². The van der Waals surface area contributed by atoms with E-state index in [-0.39, 0.29) is 17.4 Å². The first-order valence-electron chi connectivity index (χ1n) is 8.25. The molecule has 3 aromatic rings. The number of halogens is 1. The lowest BCUT2D eigenvalue weighted by atomic mass is 10.1. The van der Waals surface area contributed by atoms with Crippen molar-refractivity contribution >= 4 is 34.6 Å². The van der Waals surface area contributed by atoms with Gasteiger partial charge in [-0.2, -0.15) is 0 Å². The van der Waals surface area contributed by atoms with Gasteiger partial charge in [-0.25, -0.2) is 14.2 Å². The van der Waals surface area contributed by atoms with Gasteiger partial charge in [0.1, 0.15) is 10.8 Å². The lowest BCUT2D eigenvalue weighted by Gasteiger charge is -2.12. The van der Waals surface area contributed by atoms with E-state index in [0.29, 0.717) is 13.0 Å². The molecule has 140 valence electrons. The van der Waals surface area contributed by atoms with Crippen LogP contribution in [0, 0.1) is 5.82 Å². The van der Waals surface area contributed by atoms with Gasteiger partial charge < -0.3 is 10.1 Å². The summed E-state index contributed by atoms with van der Waals surface area (Å²) in [4.78, 5) is 29.5. The van der Waals surface area contributed by atoms with E-state index in [2.05, 4.69) is 10.3 Å². The van der Waals surface area contributed by atoms with E-state index in [0.717, 1.165) is 15.4 Å². The second-order valence-corrected chi connectivity index (χ2v) is 7.54. The third-order valence-corrected chi connectivity index (χ3v) is 5.61. The van der Waals surface area contributed by atoms with Crippen molar-refractivity contribution in [2.75, 3.05) is 6.54 Å². The Labute approximate surface area is 163 Å². The lowest BCUT2D eigenvalue weighted by molar-refractivity contribution is -0.129. The minimum absolute atomic E-state index is 0.189. The maximum Gasteiger partial charge on any atom is 0.358 e. The maximum atomic E-state index is 12.9. The van der Waals surface area contributed by atoms with Crippen molar-refractivity contribution in [1.82, 2.24) is 10.3 Å². The number of hydrogen-bond donors (Lipinski definition) is 1. The molecule has 2 heterocycles. The molecule has 0 aliphatic rings. The fraction of sp³-hybridized carbons (Fsp3) is 0.211. The van der Waals surface area contributed by atoms with E-state index in [1.165, 1.54) is 41.7 Å². The van der Waals surface area contributed by atoms with Crippen LogP contribution < -0.4 is 5.32 Å². The minimum atomic E-state index is -0.933. The highest BCUT2D eigenvalue weighted by Crippen LogP contribution is 2.28. The van der Waals surface area contributed by atoms with Crippen LogP contribution in [0.1, 0.15) is 23.0 Å². The molecule has 0 unspecified atom stereocenters. The van der Waals surface area contributed by atoms with E-state index in [9.17, 15) is 14.0 Å². The molecule has 1 aromatic carbocycles. The van der Waals surface area contributed by atoms with Crippen LogP contribution in [-0.4, -0.2) is 29.5 Å². The summed E-state index contributed by atoms with van der Waals surface area (Å²) in [5, 5.41) is 7.01. The molecule has 8 heteroatoms. The molecule has 0 saturated heterocycles. The summed E-state index contributed by atoms with van der Waals surface area (Å²) in [5.74, 6) is -1.32. The van der Waals surface area contributed by atoms with Crippen molar-refractivity contribution in [3.05, 3.63) is 64.2 Å². The molecule has 5 nitrogen and oxygen atoms in total. The molecule has 0 aliphatic heterocycles. The van der Waals surface area contributed by atoms with E-state index >= 15 is 0 Å². The average Bonchev–Trinajstić information content (AvgIpc) is 3.34. The Morgan fingerprint density at radius 3 is 2.70 bits per heavy atom. The number of rotatable bonds is 7. The van der Waals surface area contributed by atoms with Crippen molar-refractivity contribution in [3.8, 4) is 9.88 Å². The molecule has 1 atom stereocenters. The van der Waals surface area contributed by atoms with Gasteiger partial charge in [0, 0.05) is 11.9 Å². The number of nitrogens with zero attached hydrogens (tertiary/aromatic N) is 1. The Bertz CT molecular complexity index is 907. The molecule has 1 amide bonds. The topological polar surface area (TPSA) is 68.3 Å². The molecule has 0 aliphatic carbocycles. The zero-order chi connectivity index (χ0) is 19.2. The van der Waals surface area contributed by atoms with Crippen LogP contribution in [0.4, 0.5) is 4.39 Å². The van der Waals surface area contributed by atoms with Gasteiger partial charge in [-0.3, -0.25) is 4.79 Å². The third-order valence-electron chi connectivity index (χ3n) is 3.72. The van der Waals surface area contributed by atoms with E-state index in [1.54, 1.807) is 17.5 Å². The minimum Gasteiger partial charge on any atom is -0.448 e. The summed E-state index contributed by atoms with van der Waals surface area (Å²) >= 11 is 2.89. The number of esters is 1. The van der Waals surface area contributed by atoms with Crippen LogP contribution in [0.15, 0.2) is 47.2 Å². The van der Waals surface area contributed by atoms with Gasteiger partial charge in [-0.05, 0) is 42.5 Å². The van der Waals surface area contributed by atoms with Crippen molar-refractivity contribution in [3.63, 3.8) is 0 Å². The first-order valence-corrected chi connectivity index (χ1v) is 10.0. The van der Waals surface area contributed by atoms with Gasteiger partial charge in [0.2, 0.25) is 0 Å². The highest BCUT2D eigenvalue weighted by molar-refractivity contribution is 7.20. The second kappa shape index (κ2) is 8.88. The van der Waals surface area contributed by atoms with Gasteiger partial charge in [0.15, 0.2) is 11.8 Å². The fourth-order valence-electron chi connectivity index (χ4n) is 2.28. The Morgan fingerprint density at radius 2 is 2.00 bits per heavy atom. The summed E-state index contributed by atoms with van der Waals surface area (Å²) in [6.45, 7) is 1.88. The number of aromatic nitrogens is 1. The monoisotopic (exact) mass is 404 g/mol. The number of hydrogen-bond acceptors (Lipinski definition) is 6. The van der Waals surface area contributed by atoms with Crippen LogP contribution in [0.3, 0.4) is 0 Å². The Kier molecular flexibility index (Phi) is 6.31. The lowest BCUT2D eigenvalue weighted by Crippen LogP contribution is -2.37. The van der Waals surface area contributed by atoms with Crippen molar-refractivity contribution in [1.29, 1.82) is 0 Å². The standard InChI is InChI=1S/C19H17FN2O3S2/c1-12(17(23)21-9-8-13-4-6-14(20)7-5-13)25-19(24)15-11-27-18(22-15)16-3-2-10-26-16/h2-7,10-12H,8-9H2,1H3,(H,21,23)/t12-/m0/s1. The predicted octanol–water partition coefficient (Wildman–Crippen LogP) is 3.91. The van der Waals surface area contributed by atoms with Crippen LogP contribution in [-0.2, 0) is 16.0 Å². The van der Waals surface area contributed by atoms with E-state index in [4.69, 9.17) is 4.74 Å². The summed E-state index contributed by atoms with van der Waals surface area (Å²) in [7, 11) is 0. The molecule has 27 heavy (non-hydrogen) atoms. The second-order valence-electron chi connectivity index (χ2n) is 5.73. The van der Waals surface area contributed by atoms with Crippen LogP contribution in [0.25, 0.3) is 9.88 Å². The summed E-state index contributed by atoms with van der Waals surface area (Å²) in [6, 6.07) is 9.92. The number of carbonyl (C=O) groups is 2. The highest BCUT2D eigenvalue weighted by Gasteiger charge is 2.21. The molecule has 0 radical (unpaired) electrons. The van der Waals surface area contributed by atoms with Gasteiger partial charge in [-0.15, -0.1) is 22.7 Å². The quantitative estimate of drug-likeness (QED) is 0.606. The first-order chi connectivity index (χ1) is 13.0. The molecule has 0 fully saturated rings. The Hall–Kier alpha value is -2.58. The average molecular weight is 404 g/mol. The Morgan fingerprint density at radius 1 is 1.22 bits per heavy atom.